The maximum Gasteiger partial charge on any atom is 0.390 e. The standard InChI is InChI=1S/C21H22F5N7O/c1-2-13-9-17-29-15(12-33(17)28-10-13)18(14-3-5-20(22,23)6-4-14)30-19(34)16-11-27-31-32(16)8-7-21(24,25)26/h2,9-12,14,18H,1,3-8H2,(H,30,34)/t18-/m0/s1. The van der Waals surface area contributed by atoms with E-state index in [-0.39, 0.29) is 37.3 Å². The van der Waals surface area contributed by atoms with E-state index in [1.54, 1.807) is 24.5 Å². The zero-order valence-electron chi connectivity index (χ0n) is 18.0. The van der Waals surface area contributed by atoms with E-state index in [2.05, 4.69) is 32.3 Å². The third-order valence-corrected chi connectivity index (χ3v) is 5.89. The first-order valence-electron chi connectivity index (χ1n) is 10.7. The van der Waals surface area contributed by atoms with Crippen LogP contribution in [0.2, 0.25) is 0 Å². The molecule has 1 atom stereocenters. The fourth-order valence-corrected chi connectivity index (χ4v) is 4.05. The average Bonchev–Trinajstić information content (AvgIpc) is 3.42. The summed E-state index contributed by atoms with van der Waals surface area (Å²) in [5, 5.41) is 14.1. The number of aryl methyl sites for hydroxylation is 1. The van der Waals surface area contributed by atoms with Gasteiger partial charge in [0.2, 0.25) is 5.92 Å². The van der Waals surface area contributed by atoms with Crippen LogP contribution in [0.3, 0.4) is 0 Å². The summed E-state index contributed by atoms with van der Waals surface area (Å²) in [6.07, 6.45) is -0.151. The molecule has 0 unspecified atom stereocenters. The highest BCUT2D eigenvalue weighted by atomic mass is 19.4. The number of rotatable bonds is 7. The van der Waals surface area contributed by atoms with E-state index in [0.29, 0.717) is 11.3 Å². The summed E-state index contributed by atoms with van der Waals surface area (Å²) in [5.74, 6) is -3.84. The molecule has 3 aromatic rings. The maximum atomic E-state index is 13.8. The van der Waals surface area contributed by atoms with Crippen molar-refractivity contribution in [3.63, 3.8) is 0 Å². The molecule has 0 saturated heterocycles. The van der Waals surface area contributed by atoms with Gasteiger partial charge < -0.3 is 5.32 Å². The zero-order chi connectivity index (χ0) is 24.5. The number of hydrogen-bond acceptors (Lipinski definition) is 5. The molecule has 0 bridgehead atoms. The van der Waals surface area contributed by atoms with E-state index < -0.39 is 37.0 Å². The molecule has 13 heteroatoms. The van der Waals surface area contributed by atoms with Gasteiger partial charge in [0.1, 0.15) is 5.69 Å². The number of fused-ring (bicyclic) bond motifs is 1. The molecule has 0 radical (unpaired) electrons. The fraction of sp³-hybridized carbons (Fsp3) is 0.476. The number of carbonyl (C=O) groups is 1. The minimum absolute atomic E-state index is 0.142. The van der Waals surface area contributed by atoms with Crippen LogP contribution in [0.25, 0.3) is 11.7 Å². The predicted molar refractivity (Wildman–Crippen MR) is 111 cm³/mol. The summed E-state index contributed by atoms with van der Waals surface area (Å²) < 4.78 is 67.8. The number of alkyl halides is 5. The first-order chi connectivity index (χ1) is 16.0. The SMILES string of the molecule is C=Cc1cnn2cc([C@@H](NC(=O)c3cnnn3CCC(F)(F)F)C3CCC(F)(F)CC3)nc2c1. The van der Waals surface area contributed by atoms with Crippen LogP contribution in [0.15, 0.2) is 31.2 Å². The molecule has 1 saturated carbocycles. The normalized spacial score (nSPS) is 17.6. The van der Waals surface area contributed by atoms with Crippen molar-refractivity contribution in [3.05, 3.63) is 48.2 Å². The average molecular weight is 483 g/mol. The van der Waals surface area contributed by atoms with Gasteiger partial charge in [0.05, 0.1) is 43.3 Å². The van der Waals surface area contributed by atoms with E-state index in [1.807, 2.05) is 0 Å². The van der Waals surface area contributed by atoms with E-state index >= 15 is 0 Å². The van der Waals surface area contributed by atoms with Gasteiger partial charge in [0.25, 0.3) is 5.91 Å². The van der Waals surface area contributed by atoms with Crippen molar-refractivity contribution < 1.29 is 26.7 Å². The second-order valence-corrected chi connectivity index (χ2v) is 8.31. The molecule has 182 valence electrons. The monoisotopic (exact) mass is 483 g/mol. The van der Waals surface area contributed by atoms with Crippen LogP contribution in [0.4, 0.5) is 22.0 Å². The molecule has 8 nitrogen and oxygen atoms in total. The lowest BCUT2D eigenvalue weighted by atomic mass is 9.81. The number of halogens is 5. The van der Waals surface area contributed by atoms with Crippen LogP contribution in [0.5, 0.6) is 0 Å². The van der Waals surface area contributed by atoms with Gasteiger partial charge in [-0.25, -0.2) is 23.0 Å². The Labute approximate surface area is 190 Å². The zero-order valence-corrected chi connectivity index (χ0v) is 18.0. The van der Waals surface area contributed by atoms with Crippen molar-refractivity contribution in [2.45, 2.75) is 56.8 Å². The molecule has 4 rings (SSSR count). The van der Waals surface area contributed by atoms with Gasteiger partial charge in [0, 0.05) is 12.8 Å². The van der Waals surface area contributed by atoms with Gasteiger partial charge in [-0.3, -0.25) is 4.79 Å². The Morgan fingerprint density at radius 2 is 2.03 bits per heavy atom. The van der Waals surface area contributed by atoms with Gasteiger partial charge >= 0.3 is 6.18 Å². The van der Waals surface area contributed by atoms with Crippen molar-refractivity contribution in [1.82, 2.24) is 34.9 Å². The van der Waals surface area contributed by atoms with E-state index in [0.717, 1.165) is 16.4 Å². The first-order valence-corrected chi connectivity index (χ1v) is 10.7. The summed E-state index contributed by atoms with van der Waals surface area (Å²) in [7, 11) is 0. The van der Waals surface area contributed by atoms with Crippen LogP contribution in [-0.2, 0) is 6.54 Å². The Bertz CT molecular complexity index is 1180. The van der Waals surface area contributed by atoms with Gasteiger partial charge in [-0.2, -0.15) is 18.3 Å². The molecule has 1 amide bonds. The molecule has 3 heterocycles. The molecule has 0 aromatic carbocycles. The van der Waals surface area contributed by atoms with Crippen LogP contribution < -0.4 is 5.32 Å². The Morgan fingerprint density at radius 1 is 1.29 bits per heavy atom. The van der Waals surface area contributed by atoms with Gasteiger partial charge in [-0.1, -0.05) is 17.9 Å². The van der Waals surface area contributed by atoms with E-state index in [4.69, 9.17) is 0 Å². The molecule has 0 spiro atoms. The first kappa shape index (κ1) is 23.8. The molecule has 3 aromatic heterocycles. The van der Waals surface area contributed by atoms with Crippen molar-refractivity contribution in [1.29, 1.82) is 0 Å². The number of nitrogens with one attached hydrogen (secondary N) is 1. The minimum Gasteiger partial charge on any atom is -0.342 e. The topological polar surface area (TPSA) is 90.0 Å². The van der Waals surface area contributed by atoms with Crippen molar-refractivity contribution in [2.75, 3.05) is 0 Å². The molecule has 1 aliphatic carbocycles. The molecule has 34 heavy (non-hydrogen) atoms. The van der Waals surface area contributed by atoms with Crippen molar-refractivity contribution >= 4 is 17.6 Å². The quantitative estimate of drug-likeness (QED) is 0.509. The smallest absolute Gasteiger partial charge is 0.342 e. The number of amides is 1. The van der Waals surface area contributed by atoms with Gasteiger partial charge in [0.15, 0.2) is 5.65 Å². The highest BCUT2D eigenvalue weighted by Gasteiger charge is 2.39. The third kappa shape index (κ3) is 5.39. The number of nitrogens with zero attached hydrogens (tertiary/aromatic N) is 6. The Balaban J connectivity index is 1.61. The van der Waals surface area contributed by atoms with E-state index in [9.17, 15) is 26.7 Å². The Hall–Kier alpha value is -3.38. The Kier molecular flexibility index (Phi) is 6.36. The summed E-state index contributed by atoms with van der Waals surface area (Å²) >= 11 is 0. The Morgan fingerprint density at radius 3 is 2.71 bits per heavy atom. The maximum absolute atomic E-state index is 13.8. The van der Waals surface area contributed by atoms with E-state index in [1.165, 1.54) is 4.52 Å². The number of imidazole rings is 1. The summed E-state index contributed by atoms with van der Waals surface area (Å²) in [6.45, 7) is 3.11. The number of aromatic nitrogens is 6. The van der Waals surface area contributed by atoms with Crippen LogP contribution in [0, 0.1) is 5.92 Å². The highest BCUT2D eigenvalue weighted by molar-refractivity contribution is 5.92. The summed E-state index contributed by atoms with van der Waals surface area (Å²) in [6, 6.07) is 0.969. The van der Waals surface area contributed by atoms with Crippen LogP contribution in [-0.4, -0.2) is 47.6 Å². The lowest BCUT2D eigenvalue weighted by Gasteiger charge is -2.33. The lowest BCUT2D eigenvalue weighted by Crippen LogP contribution is -2.38. The minimum atomic E-state index is -4.43. The second-order valence-electron chi connectivity index (χ2n) is 8.31. The largest absolute Gasteiger partial charge is 0.390 e. The van der Waals surface area contributed by atoms with Gasteiger partial charge in [-0.15, -0.1) is 5.10 Å². The molecule has 1 aliphatic rings. The van der Waals surface area contributed by atoms with Crippen LogP contribution in [0.1, 0.15) is 59.9 Å². The second kappa shape index (κ2) is 9.11. The van der Waals surface area contributed by atoms with Crippen LogP contribution >= 0.6 is 0 Å². The molecule has 1 fully saturated rings. The van der Waals surface area contributed by atoms with Gasteiger partial charge in [-0.05, 0) is 30.4 Å². The summed E-state index contributed by atoms with van der Waals surface area (Å²) in [5.41, 5.74) is 1.45. The number of hydrogen-bond donors (Lipinski definition) is 1. The third-order valence-electron chi connectivity index (χ3n) is 5.89. The predicted octanol–water partition coefficient (Wildman–Crippen LogP) is 4.21. The highest BCUT2D eigenvalue weighted by Crippen LogP contribution is 2.41. The molecule has 0 aliphatic heterocycles. The fourth-order valence-electron chi connectivity index (χ4n) is 4.05. The molecule has 1 N–H and O–H groups in total. The number of carbonyl (C=O) groups excluding carboxylic acids is 1. The lowest BCUT2D eigenvalue weighted by molar-refractivity contribution is -0.137. The van der Waals surface area contributed by atoms with Crippen molar-refractivity contribution in [2.24, 2.45) is 5.92 Å². The summed E-state index contributed by atoms with van der Waals surface area (Å²) in [4.78, 5) is 17.5. The molecular weight excluding hydrogens is 461 g/mol. The van der Waals surface area contributed by atoms with Crippen molar-refractivity contribution in [3.8, 4) is 0 Å². The molecular formula is C21H22F5N7O.